The van der Waals surface area contributed by atoms with Gasteiger partial charge in [-0.2, -0.15) is 0 Å². The molecule has 0 aliphatic heterocycles. The summed E-state index contributed by atoms with van der Waals surface area (Å²) in [7, 11) is 0. The van der Waals surface area contributed by atoms with Crippen LogP contribution in [0.4, 0.5) is 0 Å². The maximum Gasteiger partial charge on any atom is 0.0707 e. The summed E-state index contributed by atoms with van der Waals surface area (Å²) in [6.07, 6.45) is 1.60. The maximum atomic E-state index is 6.32. The molecule has 19 heavy (non-hydrogen) atoms. The molecule has 2 rings (SSSR count). The summed E-state index contributed by atoms with van der Waals surface area (Å²) in [5.74, 6) is 0.218. The molecule has 0 saturated heterocycles. The van der Waals surface area contributed by atoms with Crippen LogP contribution in [0.15, 0.2) is 60.7 Å². The fourth-order valence-corrected chi connectivity index (χ4v) is 2.28. The van der Waals surface area contributed by atoms with Crippen molar-refractivity contribution in [3.63, 3.8) is 0 Å². The Balaban J connectivity index is 2.02. The summed E-state index contributed by atoms with van der Waals surface area (Å²) in [5, 5.41) is 0. The summed E-state index contributed by atoms with van der Waals surface area (Å²) >= 11 is 0. The van der Waals surface area contributed by atoms with Gasteiger partial charge in [0, 0.05) is 6.42 Å². The van der Waals surface area contributed by atoms with Gasteiger partial charge < -0.3 is 11.5 Å². The molecule has 0 heterocycles. The summed E-state index contributed by atoms with van der Waals surface area (Å²) < 4.78 is 0. The van der Waals surface area contributed by atoms with Crippen LogP contribution in [0, 0.1) is 5.92 Å². The SMILES string of the molecule is CC(Cc1ccccc1)C(N)(N)Cc1ccccc1. The minimum Gasteiger partial charge on any atom is -0.313 e. The van der Waals surface area contributed by atoms with Crippen molar-refractivity contribution >= 4 is 0 Å². The van der Waals surface area contributed by atoms with E-state index in [4.69, 9.17) is 11.5 Å². The molecule has 0 aliphatic rings. The minimum atomic E-state index is -0.683. The van der Waals surface area contributed by atoms with Crippen molar-refractivity contribution in [2.75, 3.05) is 0 Å². The molecule has 0 fully saturated rings. The first kappa shape index (κ1) is 13.8. The Kier molecular flexibility index (Phi) is 4.35. The average Bonchev–Trinajstić information content (AvgIpc) is 2.40. The van der Waals surface area contributed by atoms with Gasteiger partial charge in [-0.3, -0.25) is 0 Å². The van der Waals surface area contributed by atoms with E-state index >= 15 is 0 Å². The summed E-state index contributed by atoms with van der Waals surface area (Å²) in [5.41, 5.74) is 14.4. The third-order valence-electron chi connectivity index (χ3n) is 3.66. The zero-order valence-corrected chi connectivity index (χ0v) is 11.4. The van der Waals surface area contributed by atoms with Crippen LogP contribution in [0.2, 0.25) is 0 Å². The van der Waals surface area contributed by atoms with Crippen LogP contribution in [0.5, 0.6) is 0 Å². The lowest BCUT2D eigenvalue weighted by Gasteiger charge is -2.32. The second-order valence-corrected chi connectivity index (χ2v) is 5.37. The second kappa shape index (κ2) is 6.00. The standard InChI is InChI=1S/C17H22N2/c1-14(12-15-8-4-2-5-9-15)17(18,19)13-16-10-6-3-7-11-16/h2-11,14H,12-13,18-19H2,1H3. The van der Waals surface area contributed by atoms with Crippen molar-refractivity contribution in [1.29, 1.82) is 0 Å². The largest absolute Gasteiger partial charge is 0.313 e. The van der Waals surface area contributed by atoms with E-state index in [2.05, 4.69) is 31.2 Å². The molecular formula is C17H22N2. The van der Waals surface area contributed by atoms with Crippen molar-refractivity contribution in [3.8, 4) is 0 Å². The Labute approximate surface area is 115 Å². The Morgan fingerprint density at radius 1 is 0.842 bits per heavy atom. The van der Waals surface area contributed by atoms with E-state index in [1.807, 2.05) is 36.4 Å². The van der Waals surface area contributed by atoms with Gasteiger partial charge in [0.25, 0.3) is 0 Å². The molecule has 4 N–H and O–H groups in total. The molecule has 1 atom stereocenters. The van der Waals surface area contributed by atoms with Crippen molar-refractivity contribution < 1.29 is 0 Å². The molecule has 0 bridgehead atoms. The molecule has 0 saturated carbocycles. The zero-order chi connectivity index (χ0) is 13.7. The lowest BCUT2D eigenvalue weighted by atomic mass is 9.85. The number of benzene rings is 2. The van der Waals surface area contributed by atoms with Crippen molar-refractivity contribution in [3.05, 3.63) is 71.8 Å². The molecule has 100 valence electrons. The van der Waals surface area contributed by atoms with Gasteiger partial charge in [-0.15, -0.1) is 0 Å². The van der Waals surface area contributed by atoms with Gasteiger partial charge in [0.2, 0.25) is 0 Å². The first-order valence-electron chi connectivity index (χ1n) is 6.73. The fraction of sp³-hybridized carbons (Fsp3) is 0.294. The summed E-state index contributed by atoms with van der Waals surface area (Å²) in [4.78, 5) is 0. The van der Waals surface area contributed by atoms with Gasteiger partial charge >= 0.3 is 0 Å². The molecule has 1 unspecified atom stereocenters. The van der Waals surface area contributed by atoms with Crippen LogP contribution in [0.25, 0.3) is 0 Å². The maximum absolute atomic E-state index is 6.32. The molecule has 0 amide bonds. The third kappa shape index (κ3) is 3.91. The van der Waals surface area contributed by atoms with Crippen LogP contribution >= 0.6 is 0 Å². The van der Waals surface area contributed by atoms with Crippen molar-refractivity contribution in [2.24, 2.45) is 17.4 Å². The predicted octanol–water partition coefficient (Wildman–Crippen LogP) is 2.72. The Hall–Kier alpha value is -1.64. The second-order valence-electron chi connectivity index (χ2n) is 5.37. The molecule has 2 aromatic carbocycles. The highest BCUT2D eigenvalue weighted by Crippen LogP contribution is 2.19. The molecule has 0 aliphatic carbocycles. The van der Waals surface area contributed by atoms with Gasteiger partial charge in [-0.1, -0.05) is 67.6 Å². The van der Waals surface area contributed by atoms with Gasteiger partial charge in [0.15, 0.2) is 0 Å². The van der Waals surface area contributed by atoms with Crippen molar-refractivity contribution in [2.45, 2.75) is 25.4 Å². The van der Waals surface area contributed by atoms with Crippen LogP contribution in [0.1, 0.15) is 18.1 Å². The number of rotatable bonds is 5. The highest BCUT2D eigenvalue weighted by Gasteiger charge is 2.27. The average molecular weight is 254 g/mol. The lowest BCUT2D eigenvalue weighted by molar-refractivity contribution is 0.294. The molecule has 2 heteroatoms. The van der Waals surface area contributed by atoms with Crippen LogP contribution in [0.3, 0.4) is 0 Å². The summed E-state index contributed by atoms with van der Waals surface area (Å²) in [6, 6.07) is 20.6. The molecule has 2 nitrogen and oxygen atoms in total. The topological polar surface area (TPSA) is 52.0 Å². The predicted molar refractivity (Wildman–Crippen MR) is 80.6 cm³/mol. The highest BCUT2D eigenvalue weighted by molar-refractivity contribution is 5.19. The molecule has 0 spiro atoms. The fourth-order valence-electron chi connectivity index (χ4n) is 2.28. The minimum absolute atomic E-state index is 0.218. The first-order chi connectivity index (χ1) is 9.08. The van der Waals surface area contributed by atoms with E-state index in [-0.39, 0.29) is 5.92 Å². The number of nitrogens with two attached hydrogens (primary N) is 2. The Morgan fingerprint density at radius 3 is 1.84 bits per heavy atom. The van der Waals surface area contributed by atoms with E-state index in [0.717, 1.165) is 6.42 Å². The first-order valence-corrected chi connectivity index (χ1v) is 6.73. The molecule has 2 aromatic rings. The normalized spacial score (nSPS) is 13.2. The van der Waals surface area contributed by atoms with E-state index in [0.29, 0.717) is 6.42 Å². The van der Waals surface area contributed by atoms with Gasteiger partial charge in [-0.05, 0) is 23.5 Å². The third-order valence-corrected chi connectivity index (χ3v) is 3.66. The number of hydrogen-bond donors (Lipinski definition) is 2. The zero-order valence-electron chi connectivity index (χ0n) is 11.4. The van der Waals surface area contributed by atoms with E-state index < -0.39 is 5.66 Å². The van der Waals surface area contributed by atoms with E-state index in [1.165, 1.54) is 11.1 Å². The Morgan fingerprint density at radius 2 is 1.32 bits per heavy atom. The van der Waals surface area contributed by atoms with Crippen LogP contribution < -0.4 is 11.5 Å². The van der Waals surface area contributed by atoms with Gasteiger partial charge in [0.1, 0.15) is 0 Å². The van der Waals surface area contributed by atoms with Gasteiger partial charge in [-0.25, -0.2) is 0 Å². The Bertz CT molecular complexity index is 491. The van der Waals surface area contributed by atoms with Gasteiger partial charge in [0.05, 0.1) is 5.66 Å². The smallest absolute Gasteiger partial charge is 0.0707 e. The molecular weight excluding hydrogens is 232 g/mol. The summed E-state index contributed by atoms with van der Waals surface area (Å²) in [6.45, 7) is 2.12. The van der Waals surface area contributed by atoms with E-state index in [1.54, 1.807) is 0 Å². The number of hydrogen-bond acceptors (Lipinski definition) is 2. The van der Waals surface area contributed by atoms with E-state index in [9.17, 15) is 0 Å². The lowest BCUT2D eigenvalue weighted by Crippen LogP contribution is -2.57. The van der Waals surface area contributed by atoms with Crippen molar-refractivity contribution in [1.82, 2.24) is 0 Å². The quantitative estimate of drug-likeness (QED) is 0.806. The molecule has 0 radical (unpaired) electrons. The van der Waals surface area contributed by atoms with Crippen LogP contribution in [-0.4, -0.2) is 5.66 Å². The molecule has 0 aromatic heterocycles. The van der Waals surface area contributed by atoms with Crippen LogP contribution in [-0.2, 0) is 12.8 Å². The monoisotopic (exact) mass is 254 g/mol. The highest BCUT2D eigenvalue weighted by atomic mass is 15.0.